The SMILES string of the molecule is CC(C)(C)OC(=O)N[C@@H](Cc1cc(C#N)ccn1)C(=O)OC(C)(C)C. The van der Waals surface area contributed by atoms with Crippen molar-refractivity contribution < 1.29 is 19.1 Å². The summed E-state index contributed by atoms with van der Waals surface area (Å²) in [7, 11) is 0. The van der Waals surface area contributed by atoms with Crippen LogP contribution in [0.15, 0.2) is 18.3 Å². The van der Waals surface area contributed by atoms with E-state index in [9.17, 15) is 9.59 Å². The van der Waals surface area contributed by atoms with E-state index < -0.39 is 29.3 Å². The molecule has 0 spiro atoms. The molecular formula is C18H25N3O4. The number of nitrogens with one attached hydrogen (secondary N) is 1. The van der Waals surface area contributed by atoms with Gasteiger partial charge in [-0.25, -0.2) is 9.59 Å². The topological polar surface area (TPSA) is 101 Å². The van der Waals surface area contributed by atoms with Gasteiger partial charge in [-0.3, -0.25) is 4.98 Å². The number of carbonyl (C=O) groups excluding carboxylic acids is 2. The van der Waals surface area contributed by atoms with Crippen LogP contribution in [0.2, 0.25) is 0 Å². The van der Waals surface area contributed by atoms with E-state index in [-0.39, 0.29) is 6.42 Å². The number of carbonyl (C=O) groups is 2. The molecule has 0 aliphatic rings. The van der Waals surface area contributed by atoms with Crippen LogP contribution in [-0.2, 0) is 20.7 Å². The third-order valence-electron chi connectivity index (χ3n) is 2.74. The minimum absolute atomic E-state index is 0.0870. The standard InChI is InChI=1S/C18H25N3O4/c1-17(2,3)24-15(22)14(21-16(23)25-18(4,5)6)10-13-9-12(11-19)7-8-20-13/h7-9,14H,10H2,1-6H3,(H,21,23)/t14-/m0/s1. The minimum atomic E-state index is -0.976. The zero-order chi connectivity index (χ0) is 19.3. The summed E-state index contributed by atoms with van der Waals surface area (Å²) in [6.07, 6.45) is 0.844. The van der Waals surface area contributed by atoms with Crippen molar-refractivity contribution in [3.8, 4) is 6.07 Å². The van der Waals surface area contributed by atoms with Crippen LogP contribution in [0, 0.1) is 11.3 Å². The predicted molar refractivity (Wildman–Crippen MR) is 91.7 cm³/mol. The Morgan fingerprint density at radius 2 is 1.80 bits per heavy atom. The van der Waals surface area contributed by atoms with Crippen LogP contribution in [0.1, 0.15) is 52.8 Å². The first-order valence-corrected chi connectivity index (χ1v) is 7.97. The molecule has 1 aromatic rings. The van der Waals surface area contributed by atoms with E-state index in [0.29, 0.717) is 11.3 Å². The van der Waals surface area contributed by atoms with Gasteiger partial charge in [-0.15, -0.1) is 0 Å². The second-order valence-electron chi connectivity index (χ2n) is 7.58. The molecule has 1 amide bonds. The zero-order valence-corrected chi connectivity index (χ0v) is 15.5. The predicted octanol–water partition coefficient (Wildman–Crippen LogP) is 2.73. The normalized spacial score (nSPS) is 12.7. The van der Waals surface area contributed by atoms with Crippen molar-refractivity contribution in [1.82, 2.24) is 10.3 Å². The number of amides is 1. The van der Waals surface area contributed by atoms with Crippen LogP contribution in [0.4, 0.5) is 4.79 Å². The van der Waals surface area contributed by atoms with Gasteiger partial charge in [0.25, 0.3) is 0 Å². The molecule has 0 saturated heterocycles. The number of nitrogens with zero attached hydrogens (tertiary/aromatic N) is 2. The first-order valence-electron chi connectivity index (χ1n) is 7.97. The van der Waals surface area contributed by atoms with Gasteiger partial charge in [-0.1, -0.05) is 0 Å². The Labute approximate surface area is 148 Å². The summed E-state index contributed by atoms with van der Waals surface area (Å²) in [5, 5.41) is 11.5. The molecule has 7 heteroatoms. The second kappa shape index (κ2) is 7.97. The van der Waals surface area contributed by atoms with Gasteiger partial charge in [0.15, 0.2) is 0 Å². The summed E-state index contributed by atoms with van der Waals surface area (Å²) < 4.78 is 10.6. The number of hydrogen-bond acceptors (Lipinski definition) is 6. The number of hydrogen-bond donors (Lipinski definition) is 1. The molecule has 1 atom stereocenters. The fraction of sp³-hybridized carbons (Fsp3) is 0.556. The van der Waals surface area contributed by atoms with E-state index in [2.05, 4.69) is 10.3 Å². The van der Waals surface area contributed by atoms with E-state index in [4.69, 9.17) is 14.7 Å². The van der Waals surface area contributed by atoms with Crippen molar-refractivity contribution in [3.63, 3.8) is 0 Å². The first kappa shape index (κ1) is 20.4. The fourth-order valence-electron chi connectivity index (χ4n) is 1.88. The van der Waals surface area contributed by atoms with Gasteiger partial charge in [-0.2, -0.15) is 5.26 Å². The average molecular weight is 347 g/mol. The number of rotatable bonds is 4. The Kier molecular flexibility index (Phi) is 6.51. The van der Waals surface area contributed by atoms with Gasteiger partial charge in [0.05, 0.1) is 11.6 Å². The molecule has 0 bridgehead atoms. The number of pyridine rings is 1. The third kappa shape index (κ3) is 8.15. The second-order valence-corrected chi connectivity index (χ2v) is 7.58. The molecule has 136 valence electrons. The summed E-state index contributed by atoms with van der Waals surface area (Å²) in [6.45, 7) is 10.4. The molecule has 1 rings (SSSR count). The molecule has 0 unspecified atom stereocenters. The van der Waals surface area contributed by atoms with Crippen molar-refractivity contribution in [1.29, 1.82) is 5.26 Å². The molecule has 0 radical (unpaired) electrons. The van der Waals surface area contributed by atoms with Crippen molar-refractivity contribution >= 4 is 12.1 Å². The van der Waals surface area contributed by atoms with Gasteiger partial charge in [0.2, 0.25) is 0 Å². The van der Waals surface area contributed by atoms with Crippen molar-refractivity contribution in [2.75, 3.05) is 0 Å². The molecule has 1 aromatic heterocycles. The Morgan fingerprint density at radius 3 is 2.32 bits per heavy atom. The molecule has 7 nitrogen and oxygen atoms in total. The van der Waals surface area contributed by atoms with E-state index in [1.807, 2.05) is 6.07 Å². The van der Waals surface area contributed by atoms with Crippen LogP contribution in [0.5, 0.6) is 0 Å². The summed E-state index contributed by atoms with van der Waals surface area (Å²) in [4.78, 5) is 28.6. The van der Waals surface area contributed by atoms with Crippen molar-refractivity contribution in [3.05, 3.63) is 29.6 Å². The highest BCUT2D eigenvalue weighted by molar-refractivity contribution is 5.82. The smallest absolute Gasteiger partial charge is 0.408 e. The van der Waals surface area contributed by atoms with Gasteiger partial charge < -0.3 is 14.8 Å². The van der Waals surface area contributed by atoms with Crippen molar-refractivity contribution in [2.24, 2.45) is 0 Å². The number of nitriles is 1. The van der Waals surface area contributed by atoms with Crippen LogP contribution in [0.3, 0.4) is 0 Å². The van der Waals surface area contributed by atoms with E-state index in [1.54, 1.807) is 53.7 Å². The molecule has 1 N–H and O–H groups in total. The van der Waals surface area contributed by atoms with Gasteiger partial charge in [0, 0.05) is 18.3 Å². The van der Waals surface area contributed by atoms with Crippen LogP contribution >= 0.6 is 0 Å². The largest absolute Gasteiger partial charge is 0.458 e. The molecule has 0 aromatic carbocycles. The monoisotopic (exact) mass is 347 g/mol. The van der Waals surface area contributed by atoms with E-state index in [1.165, 1.54) is 6.20 Å². The van der Waals surface area contributed by atoms with Gasteiger partial charge in [0.1, 0.15) is 17.2 Å². The lowest BCUT2D eigenvalue weighted by molar-refractivity contribution is -0.157. The highest BCUT2D eigenvalue weighted by atomic mass is 16.6. The number of alkyl carbamates (subject to hydrolysis) is 1. The summed E-state index contributed by atoms with van der Waals surface area (Å²) >= 11 is 0. The lowest BCUT2D eigenvalue weighted by atomic mass is 10.1. The quantitative estimate of drug-likeness (QED) is 0.840. The number of aromatic nitrogens is 1. The molecule has 1 heterocycles. The Hall–Kier alpha value is -2.62. The first-order chi connectivity index (χ1) is 11.4. The van der Waals surface area contributed by atoms with Crippen molar-refractivity contribution in [2.45, 2.75) is 65.2 Å². The average Bonchev–Trinajstić information content (AvgIpc) is 2.43. The third-order valence-corrected chi connectivity index (χ3v) is 2.74. The van der Waals surface area contributed by atoms with Crippen LogP contribution < -0.4 is 5.32 Å². The maximum absolute atomic E-state index is 12.4. The Balaban J connectivity index is 2.96. The Morgan fingerprint density at radius 1 is 1.20 bits per heavy atom. The molecule has 0 aliphatic heterocycles. The summed E-state index contributed by atoms with van der Waals surface area (Å²) in [5.41, 5.74) is -0.481. The van der Waals surface area contributed by atoms with E-state index >= 15 is 0 Å². The summed E-state index contributed by atoms with van der Waals surface area (Å²) in [6, 6.07) is 4.16. The highest BCUT2D eigenvalue weighted by Gasteiger charge is 2.29. The number of ether oxygens (including phenoxy) is 2. The van der Waals surface area contributed by atoms with Crippen LogP contribution in [0.25, 0.3) is 0 Å². The number of esters is 1. The zero-order valence-electron chi connectivity index (χ0n) is 15.5. The fourth-order valence-corrected chi connectivity index (χ4v) is 1.88. The molecule has 0 fully saturated rings. The molecule has 0 aliphatic carbocycles. The minimum Gasteiger partial charge on any atom is -0.458 e. The van der Waals surface area contributed by atoms with Crippen LogP contribution in [-0.4, -0.2) is 34.3 Å². The maximum Gasteiger partial charge on any atom is 0.408 e. The molecule has 0 saturated carbocycles. The Bertz CT molecular complexity index is 666. The van der Waals surface area contributed by atoms with E-state index in [0.717, 1.165) is 0 Å². The lowest BCUT2D eigenvalue weighted by Gasteiger charge is -2.26. The van der Waals surface area contributed by atoms with Gasteiger partial charge in [-0.05, 0) is 53.7 Å². The lowest BCUT2D eigenvalue weighted by Crippen LogP contribution is -2.47. The molecular weight excluding hydrogens is 322 g/mol. The van der Waals surface area contributed by atoms with Gasteiger partial charge >= 0.3 is 12.1 Å². The molecule has 25 heavy (non-hydrogen) atoms. The maximum atomic E-state index is 12.4. The summed E-state index contributed by atoms with van der Waals surface area (Å²) in [5.74, 6) is -0.595. The highest BCUT2D eigenvalue weighted by Crippen LogP contribution is 2.13.